The Labute approximate surface area is 206 Å². The quantitative estimate of drug-likeness (QED) is 0.380. The Kier molecular flexibility index (Phi) is 6.70. The molecule has 35 heavy (non-hydrogen) atoms. The average Bonchev–Trinajstić information content (AvgIpc) is 3.35. The van der Waals surface area contributed by atoms with Crippen molar-refractivity contribution < 1.29 is 28.4 Å². The lowest BCUT2D eigenvalue weighted by atomic mass is 10.0. The van der Waals surface area contributed by atoms with E-state index in [4.69, 9.17) is 20.9 Å². The van der Waals surface area contributed by atoms with Gasteiger partial charge in [-0.15, -0.1) is 0 Å². The highest BCUT2D eigenvalue weighted by atomic mass is 35.5. The van der Waals surface area contributed by atoms with E-state index in [1.165, 1.54) is 0 Å². The molecule has 0 aliphatic carbocycles. The number of aromatic nitrogens is 1. The molecular formula is C25H22ClN3O6. The Morgan fingerprint density at radius 2 is 1.66 bits per heavy atom. The first-order valence-corrected chi connectivity index (χ1v) is 11.3. The molecule has 2 heterocycles. The average molecular weight is 496 g/mol. The highest BCUT2D eigenvalue weighted by Crippen LogP contribution is 2.32. The number of anilines is 1. The third-order valence-electron chi connectivity index (χ3n) is 5.53. The van der Waals surface area contributed by atoms with Crippen molar-refractivity contribution in [1.82, 2.24) is 10.1 Å². The van der Waals surface area contributed by atoms with Gasteiger partial charge in [0.05, 0.1) is 17.7 Å². The summed E-state index contributed by atoms with van der Waals surface area (Å²) in [4.78, 5) is 53.1. The van der Waals surface area contributed by atoms with E-state index in [0.717, 1.165) is 4.90 Å². The molecule has 1 aliphatic rings. The van der Waals surface area contributed by atoms with Gasteiger partial charge in [-0.1, -0.05) is 54.9 Å². The highest BCUT2D eigenvalue weighted by molar-refractivity contribution is 6.30. The fourth-order valence-electron chi connectivity index (χ4n) is 3.94. The second-order valence-electron chi connectivity index (χ2n) is 8.17. The fraction of sp³-hybridized carbons (Fsp3) is 0.240. The summed E-state index contributed by atoms with van der Waals surface area (Å²) in [6.07, 6.45) is 0. The lowest BCUT2D eigenvalue weighted by Crippen LogP contribution is -2.50. The molecule has 1 aromatic heterocycles. The van der Waals surface area contributed by atoms with Crippen molar-refractivity contribution in [2.24, 2.45) is 5.92 Å². The number of carbonyl (C=O) groups is 4. The number of fused-ring (bicyclic) bond motifs is 1. The minimum absolute atomic E-state index is 0.0844. The van der Waals surface area contributed by atoms with Gasteiger partial charge in [0.2, 0.25) is 11.8 Å². The summed E-state index contributed by atoms with van der Waals surface area (Å²) in [5, 5.41) is 6.98. The number of esters is 1. The van der Waals surface area contributed by atoms with Crippen LogP contribution >= 0.6 is 11.6 Å². The van der Waals surface area contributed by atoms with Gasteiger partial charge in [0.25, 0.3) is 11.8 Å². The number of benzene rings is 2. The summed E-state index contributed by atoms with van der Waals surface area (Å²) >= 11 is 5.96. The molecule has 0 saturated heterocycles. The van der Waals surface area contributed by atoms with Gasteiger partial charge in [0.15, 0.2) is 5.56 Å². The molecule has 0 radical (unpaired) electrons. The zero-order valence-corrected chi connectivity index (χ0v) is 20.0. The van der Waals surface area contributed by atoms with Crippen molar-refractivity contribution in [2.45, 2.75) is 26.8 Å². The Morgan fingerprint density at radius 1 is 1.06 bits per heavy atom. The summed E-state index contributed by atoms with van der Waals surface area (Å²) in [7, 11) is 0. The molecule has 0 spiro atoms. The van der Waals surface area contributed by atoms with E-state index in [2.05, 4.69) is 10.5 Å². The maximum atomic E-state index is 13.4. The molecule has 3 aromatic rings. The van der Waals surface area contributed by atoms with Gasteiger partial charge in [0, 0.05) is 10.6 Å². The van der Waals surface area contributed by atoms with Crippen molar-refractivity contribution in [3.05, 3.63) is 70.2 Å². The maximum absolute atomic E-state index is 13.4. The lowest BCUT2D eigenvalue weighted by Gasteiger charge is -2.27. The third kappa shape index (κ3) is 4.42. The molecule has 0 saturated carbocycles. The molecule has 0 bridgehead atoms. The van der Waals surface area contributed by atoms with Crippen molar-refractivity contribution in [1.29, 1.82) is 0 Å². The van der Waals surface area contributed by atoms with Crippen molar-refractivity contribution in [3.8, 4) is 11.3 Å². The van der Waals surface area contributed by atoms with Gasteiger partial charge in [-0.3, -0.25) is 24.6 Å². The summed E-state index contributed by atoms with van der Waals surface area (Å²) in [5.74, 6) is -3.29. The van der Waals surface area contributed by atoms with Gasteiger partial charge < -0.3 is 9.26 Å². The highest BCUT2D eigenvalue weighted by Gasteiger charge is 2.44. The van der Waals surface area contributed by atoms with Crippen LogP contribution in [0, 0.1) is 5.92 Å². The standard InChI is InChI=1S/C25H22ClN3O6/c1-4-34-25(33)18-19(14-9-11-15(26)12-10-14)28-35-22(18)27-21(30)20(13(2)3)29-23(31)16-7-5-6-8-17(16)24(29)32/h5-13,20H,4H2,1-3H3,(H,27,30). The van der Waals surface area contributed by atoms with E-state index in [1.54, 1.807) is 69.3 Å². The van der Waals surface area contributed by atoms with Crippen molar-refractivity contribution >= 4 is 41.2 Å². The number of carbonyl (C=O) groups excluding carboxylic acids is 4. The number of nitrogens with zero attached hydrogens (tertiary/aromatic N) is 2. The maximum Gasteiger partial charge on any atom is 0.346 e. The van der Waals surface area contributed by atoms with Crippen LogP contribution in [0.4, 0.5) is 5.88 Å². The summed E-state index contributed by atoms with van der Waals surface area (Å²) in [5.41, 5.74) is 1.03. The van der Waals surface area contributed by atoms with E-state index in [0.29, 0.717) is 10.6 Å². The monoisotopic (exact) mass is 495 g/mol. The van der Waals surface area contributed by atoms with Crippen LogP contribution < -0.4 is 5.32 Å². The minimum atomic E-state index is -1.17. The SMILES string of the molecule is CCOC(=O)c1c(-c2ccc(Cl)cc2)noc1NC(=O)C(C(C)C)N1C(=O)c2ccccc2C1=O. The largest absolute Gasteiger partial charge is 0.462 e. The summed E-state index contributed by atoms with van der Waals surface area (Å²) in [6, 6.07) is 11.7. The van der Waals surface area contributed by atoms with Crippen LogP contribution in [0.2, 0.25) is 5.02 Å². The molecule has 1 N–H and O–H groups in total. The molecule has 9 nitrogen and oxygen atoms in total. The van der Waals surface area contributed by atoms with Crippen LogP contribution in [0.5, 0.6) is 0 Å². The number of ether oxygens (including phenoxy) is 1. The minimum Gasteiger partial charge on any atom is -0.462 e. The van der Waals surface area contributed by atoms with Crippen LogP contribution in [-0.2, 0) is 9.53 Å². The predicted octanol–water partition coefficient (Wildman–Crippen LogP) is 4.43. The molecule has 4 rings (SSSR count). The predicted molar refractivity (Wildman–Crippen MR) is 127 cm³/mol. The number of imide groups is 1. The molecule has 0 fully saturated rings. The Morgan fingerprint density at radius 3 is 2.20 bits per heavy atom. The summed E-state index contributed by atoms with van der Waals surface area (Å²) < 4.78 is 10.5. The first-order chi connectivity index (χ1) is 16.7. The third-order valence-corrected chi connectivity index (χ3v) is 5.78. The normalized spacial score (nSPS) is 13.7. The van der Waals surface area contributed by atoms with Gasteiger partial charge in [-0.25, -0.2) is 4.79 Å². The second kappa shape index (κ2) is 9.71. The molecule has 3 amide bonds. The molecule has 1 unspecified atom stereocenters. The first-order valence-electron chi connectivity index (χ1n) is 10.9. The van der Waals surface area contributed by atoms with Gasteiger partial charge in [0.1, 0.15) is 11.7 Å². The number of halogens is 1. The Balaban J connectivity index is 1.69. The molecular weight excluding hydrogens is 474 g/mol. The number of hydrogen-bond donors (Lipinski definition) is 1. The first kappa shape index (κ1) is 24.2. The zero-order chi connectivity index (χ0) is 25.3. The number of hydrogen-bond acceptors (Lipinski definition) is 7. The van der Waals surface area contributed by atoms with Crippen molar-refractivity contribution in [2.75, 3.05) is 11.9 Å². The van der Waals surface area contributed by atoms with Gasteiger partial charge >= 0.3 is 5.97 Å². The topological polar surface area (TPSA) is 119 Å². The molecule has 1 atom stereocenters. The van der Waals surface area contributed by atoms with Crippen LogP contribution in [0.25, 0.3) is 11.3 Å². The fourth-order valence-corrected chi connectivity index (χ4v) is 4.06. The van der Waals surface area contributed by atoms with Crippen LogP contribution in [0.1, 0.15) is 51.8 Å². The lowest BCUT2D eigenvalue weighted by molar-refractivity contribution is -0.121. The molecule has 1 aliphatic heterocycles. The van der Waals surface area contributed by atoms with E-state index in [1.807, 2.05) is 0 Å². The van der Waals surface area contributed by atoms with E-state index in [-0.39, 0.29) is 34.9 Å². The van der Waals surface area contributed by atoms with Gasteiger partial charge in [-0.05, 0) is 37.1 Å². The number of rotatable bonds is 7. The molecule has 2 aromatic carbocycles. The Hall–Kier alpha value is -3.98. The smallest absolute Gasteiger partial charge is 0.346 e. The summed E-state index contributed by atoms with van der Waals surface area (Å²) in [6.45, 7) is 5.14. The zero-order valence-electron chi connectivity index (χ0n) is 19.2. The molecule has 10 heteroatoms. The number of amides is 3. The van der Waals surface area contributed by atoms with E-state index in [9.17, 15) is 19.2 Å². The van der Waals surface area contributed by atoms with Crippen LogP contribution in [-0.4, -0.2) is 46.4 Å². The van der Waals surface area contributed by atoms with E-state index >= 15 is 0 Å². The van der Waals surface area contributed by atoms with Crippen LogP contribution in [0.15, 0.2) is 53.1 Å². The van der Waals surface area contributed by atoms with Crippen molar-refractivity contribution in [3.63, 3.8) is 0 Å². The number of nitrogens with one attached hydrogen (secondary N) is 1. The van der Waals surface area contributed by atoms with Gasteiger partial charge in [-0.2, -0.15) is 0 Å². The second-order valence-corrected chi connectivity index (χ2v) is 8.60. The molecule has 180 valence electrons. The van der Waals surface area contributed by atoms with Crippen LogP contribution in [0.3, 0.4) is 0 Å². The van der Waals surface area contributed by atoms with E-state index < -0.39 is 35.7 Å². The Bertz CT molecular complexity index is 1280.